The molecular formula is C14H20N2O3. The van der Waals surface area contributed by atoms with E-state index in [1.165, 1.54) is 0 Å². The Morgan fingerprint density at radius 1 is 1.47 bits per heavy atom. The minimum absolute atomic E-state index is 0.000224. The summed E-state index contributed by atoms with van der Waals surface area (Å²) >= 11 is 0. The Bertz CT molecular complexity index is 434. The van der Waals surface area contributed by atoms with Crippen molar-refractivity contribution in [2.45, 2.75) is 31.9 Å². The van der Waals surface area contributed by atoms with Crippen LogP contribution in [0.15, 0.2) is 24.3 Å². The molecule has 19 heavy (non-hydrogen) atoms. The van der Waals surface area contributed by atoms with E-state index >= 15 is 0 Å². The minimum atomic E-state index is -0.144. The third-order valence-corrected chi connectivity index (χ3v) is 2.92. The number of benzene rings is 1. The maximum absolute atomic E-state index is 11.6. The molecule has 5 heteroatoms. The fourth-order valence-corrected chi connectivity index (χ4v) is 1.84. The van der Waals surface area contributed by atoms with Crippen LogP contribution in [0.25, 0.3) is 0 Å². The van der Waals surface area contributed by atoms with Crippen LogP contribution >= 0.6 is 0 Å². The summed E-state index contributed by atoms with van der Waals surface area (Å²) in [6.07, 6.45) is 0.993. The van der Waals surface area contributed by atoms with Crippen molar-refractivity contribution in [2.24, 2.45) is 5.73 Å². The molecule has 1 amide bonds. The van der Waals surface area contributed by atoms with Crippen LogP contribution < -0.4 is 20.5 Å². The highest BCUT2D eigenvalue weighted by atomic mass is 16.6. The van der Waals surface area contributed by atoms with E-state index in [-0.39, 0.29) is 18.1 Å². The summed E-state index contributed by atoms with van der Waals surface area (Å²) in [5.74, 6) is 1.48. The van der Waals surface area contributed by atoms with Crippen molar-refractivity contribution in [1.82, 2.24) is 5.32 Å². The predicted molar refractivity (Wildman–Crippen MR) is 72.2 cm³/mol. The number of hydrogen-bond acceptors (Lipinski definition) is 4. The second-order valence-electron chi connectivity index (χ2n) is 4.82. The molecule has 0 aliphatic carbocycles. The van der Waals surface area contributed by atoms with E-state index in [1.807, 2.05) is 31.2 Å². The number of nitrogens with one attached hydrogen (secondary N) is 1. The summed E-state index contributed by atoms with van der Waals surface area (Å²) in [6, 6.07) is 7.57. The van der Waals surface area contributed by atoms with Crippen molar-refractivity contribution < 1.29 is 14.3 Å². The lowest BCUT2D eigenvalue weighted by atomic mass is 10.2. The molecule has 0 saturated heterocycles. The molecule has 0 saturated carbocycles. The van der Waals surface area contributed by atoms with Gasteiger partial charge in [-0.2, -0.15) is 0 Å². The van der Waals surface area contributed by atoms with Gasteiger partial charge >= 0.3 is 0 Å². The summed E-state index contributed by atoms with van der Waals surface area (Å²) < 4.78 is 11.3. The van der Waals surface area contributed by atoms with Gasteiger partial charge < -0.3 is 20.5 Å². The van der Waals surface area contributed by atoms with Gasteiger partial charge in [0.25, 0.3) is 0 Å². The summed E-state index contributed by atoms with van der Waals surface area (Å²) in [7, 11) is 0. The first-order chi connectivity index (χ1) is 9.15. The molecule has 1 aromatic carbocycles. The number of carbonyl (C=O) groups excluding carboxylic acids is 1. The standard InChI is InChI=1S/C14H20N2O3/c1-10(15)6-7-14(17)16-8-11-9-18-12-4-2-3-5-13(12)19-11/h2-5,10-11H,6-9,15H2,1H3,(H,16,17). The second-order valence-corrected chi connectivity index (χ2v) is 4.82. The van der Waals surface area contributed by atoms with E-state index in [4.69, 9.17) is 15.2 Å². The number of fused-ring (bicyclic) bond motifs is 1. The molecule has 104 valence electrons. The highest BCUT2D eigenvalue weighted by Gasteiger charge is 2.20. The van der Waals surface area contributed by atoms with Crippen molar-refractivity contribution in [1.29, 1.82) is 0 Å². The van der Waals surface area contributed by atoms with Gasteiger partial charge in [0.1, 0.15) is 12.7 Å². The zero-order chi connectivity index (χ0) is 13.7. The molecule has 2 rings (SSSR count). The number of carbonyl (C=O) groups is 1. The largest absolute Gasteiger partial charge is 0.486 e. The average Bonchev–Trinajstić information content (AvgIpc) is 2.42. The van der Waals surface area contributed by atoms with Gasteiger partial charge in [0.05, 0.1) is 6.54 Å². The van der Waals surface area contributed by atoms with Crippen molar-refractivity contribution in [3.05, 3.63) is 24.3 Å². The molecule has 0 aromatic heterocycles. The first-order valence-electron chi connectivity index (χ1n) is 6.56. The number of amides is 1. The molecule has 1 aliphatic heterocycles. The van der Waals surface area contributed by atoms with Crippen LogP contribution in [-0.2, 0) is 4.79 Å². The lowest BCUT2D eigenvalue weighted by Crippen LogP contribution is -2.40. The summed E-state index contributed by atoms with van der Waals surface area (Å²) in [6.45, 7) is 2.79. The normalized spacial score (nSPS) is 18.7. The fraction of sp³-hybridized carbons (Fsp3) is 0.500. The molecule has 5 nitrogen and oxygen atoms in total. The molecule has 1 aromatic rings. The van der Waals surface area contributed by atoms with Gasteiger partial charge in [-0.15, -0.1) is 0 Å². The van der Waals surface area contributed by atoms with E-state index in [0.29, 0.717) is 26.0 Å². The second kappa shape index (κ2) is 6.43. The average molecular weight is 264 g/mol. The molecule has 0 radical (unpaired) electrons. The van der Waals surface area contributed by atoms with Gasteiger partial charge in [-0.3, -0.25) is 4.79 Å². The summed E-state index contributed by atoms with van der Waals surface area (Å²) in [5, 5.41) is 2.84. The number of nitrogens with two attached hydrogens (primary N) is 1. The molecule has 0 bridgehead atoms. The fourth-order valence-electron chi connectivity index (χ4n) is 1.84. The molecule has 0 spiro atoms. The van der Waals surface area contributed by atoms with E-state index in [9.17, 15) is 4.79 Å². The molecular weight excluding hydrogens is 244 g/mol. The van der Waals surface area contributed by atoms with Gasteiger partial charge in [0.15, 0.2) is 11.5 Å². The zero-order valence-corrected chi connectivity index (χ0v) is 11.1. The van der Waals surface area contributed by atoms with Crippen molar-refractivity contribution >= 4 is 5.91 Å². The van der Waals surface area contributed by atoms with Crippen LogP contribution in [0.3, 0.4) is 0 Å². The molecule has 3 N–H and O–H groups in total. The Kier molecular flexibility index (Phi) is 4.63. The van der Waals surface area contributed by atoms with Crippen molar-refractivity contribution in [3.63, 3.8) is 0 Å². The maximum atomic E-state index is 11.6. The quantitative estimate of drug-likeness (QED) is 0.834. The first-order valence-corrected chi connectivity index (χ1v) is 6.56. The van der Waals surface area contributed by atoms with E-state index in [2.05, 4.69) is 5.32 Å². The lowest BCUT2D eigenvalue weighted by Gasteiger charge is -2.26. The van der Waals surface area contributed by atoms with E-state index < -0.39 is 0 Å². The van der Waals surface area contributed by atoms with Gasteiger partial charge in [0, 0.05) is 12.5 Å². The van der Waals surface area contributed by atoms with E-state index in [1.54, 1.807) is 0 Å². The van der Waals surface area contributed by atoms with Gasteiger partial charge in [-0.1, -0.05) is 12.1 Å². The van der Waals surface area contributed by atoms with Crippen LogP contribution in [0.2, 0.25) is 0 Å². The minimum Gasteiger partial charge on any atom is -0.486 e. The van der Waals surface area contributed by atoms with Crippen LogP contribution in [0.5, 0.6) is 11.5 Å². The van der Waals surface area contributed by atoms with Gasteiger partial charge in [0.2, 0.25) is 5.91 Å². The molecule has 0 fully saturated rings. The Balaban J connectivity index is 1.75. The van der Waals surface area contributed by atoms with Crippen LogP contribution in [0, 0.1) is 0 Å². The maximum Gasteiger partial charge on any atom is 0.220 e. The van der Waals surface area contributed by atoms with Crippen LogP contribution in [0.4, 0.5) is 0 Å². The topological polar surface area (TPSA) is 73.6 Å². The van der Waals surface area contributed by atoms with Crippen molar-refractivity contribution in [2.75, 3.05) is 13.2 Å². The van der Waals surface area contributed by atoms with Crippen LogP contribution in [-0.4, -0.2) is 31.2 Å². The smallest absolute Gasteiger partial charge is 0.220 e. The highest BCUT2D eigenvalue weighted by molar-refractivity contribution is 5.75. The number of rotatable bonds is 5. The Morgan fingerprint density at radius 3 is 2.95 bits per heavy atom. The monoisotopic (exact) mass is 264 g/mol. The van der Waals surface area contributed by atoms with Gasteiger partial charge in [-0.25, -0.2) is 0 Å². The number of para-hydroxylation sites is 2. The SMILES string of the molecule is CC(N)CCC(=O)NCC1COc2ccccc2O1. The van der Waals surface area contributed by atoms with Gasteiger partial charge in [-0.05, 0) is 25.5 Å². The first kappa shape index (κ1) is 13.7. The zero-order valence-electron chi connectivity index (χ0n) is 11.1. The summed E-state index contributed by atoms with van der Waals surface area (Å²) in [4.78, 5) is 11.6. The van der Waals surface area contributed by atoms with Crippen molar-refractivity contribution in [3.8, 4) is 11.5 Å². The lowest BCUT2D eigenvalue weighted by molar-refractivity contribution is -0.121. The molecule has 2 atom stereocenters. The van der Waals surface area contributed by atoms with E-state index in [0.717, 1.165) is 11.5 Å². The highest BCUT2D eigenvalue weighted by Crippen LogP contribution is 2.30. The third kappa shape index (κ3) is 4.13. The Morgan fingerprint density at radius 2 is 2.21 bits per heavy atom. The number of hydrogen-bond donors (Lipinski definition) is 2. The Labute approximate surface area is 113 Å². The third-order valence-electron chi connectivity index (χ3n) is 2.92. The molecule has 1 heterocycles. The Hall–Kier alpha value is -1.75. The van der Waals surface area contributed by atoms with Crippen LogP contribution in [0.1, 0.15) is 19.8 Å². The molecule has 2 unspecified atom stereocenters. The number of ether oxygens (including phenoxy) is 2. The molecule has 1 aliphatic rings. The predicted octanol–water partition coefficient (Wildman–Crippen LogP) is 1.07. The summed E-state index contributed by atoms with van der Waals surface area (Å²) in [5.41, 5.74) is 5.61.